The van der Waals surface area contributed by atoms with Crippen LogP contribution in [0.5, 0.6) is 11.5 Å². The Balaban J connectivity index is 1.85. The number of amides is 1. The maximum atomic E-state index is 13.1. The summed E-state index contributed by atoms with van der Waals surface area (Å²) in [5.74, 6) is -0.734. The molecule has 0 fully saturated rings. The van der Waals surface area contributed by atoms with E-state index < -0.39 is 11.6 Å². The van der Waals surface area contributed by atoms with Gasteiger partial charge in [-0.15, -0.1) is 11.8 Å². The minimum atomic E-state index is -0.925. The van der Waals surface area contributed by atoms with E-state index in [-0.39, 0.29) is 11.7 Å². The lowest BCUT2D eigenvalue weighted by atomic mass is 10.2. The lowest BCUT2D eigenvalue weighted by molar-refractivity contribution is -0.118. The summed E-state index contributed by atoms with van der Waals surface area (Å²) in [4.78, 5) is 12.4. The van der Waals surface area contributed by atoms with Crippen molar-refractivity contribution in [3.05, 3.63) is 53.6 Å². The van der Waals surface area contributed by atoms with Crippen LogP contribution in [0, 0.1) is 11.6 Å². The van der Waals surface area contributed by atoms with Gasteiger partial charge >= 0.3 is 0 Å². The zero-order chi connectivity index (χ0) is 17.5. The summed E-state index contributed by atoms with van der Waals surface area (Å²) < 4.78 is 36.3. The van der Waals surface area contributed by atoms with Crippen molar-refractivity contribution in [3.8, 4) is 11.5 Å². The highest BCUT2D eigenvalue weighted by atomic mass is 32.2. The molecule has 2 aromatic carbocycles. The number of hydrogen-bond acceptors (Lipinski definition) is 4. The number of carbonyl (C=O) groups excluding carboxylic acids is 1. The van der Waals surface area contributed by atoms with Crippen molar-refractivity contribution in [1.29, 1.82) is 0 Å². The largest absolute Gasteiger partial charge is 0.493 e. The molecule has 0 aliphatic carbocycles. The molecule has 0 aromatic heterocycles. The van der Waals surface area contributed by atoms with E-state index in [1.807, 2.05) is 6.07 Å². The van der Waals surface area contributed by atoms with Crippen LogP contribution in [-0.2, 0) is 11.3 Å². The second-order valence-corrected chi connectivity index (χ2v) is 5.88. The van der Waals surface area contributed by atoms with Gasteiger partial charge in [0.25, 0.3) is 0 Å². The second kappa shape index (κ2) is 8.54. The fourth-order valence-corrected chi connectivity index (χ4v) is 2.71. The highest BCUT2D eigenvalue weighted by molar-refractivity contribution is 8.00. The molecule has 0 spiro atoms. The van der Waals surface area contributed by atoms with Crippen LogP contribution in [-0.4, -0.2) is 25.9 Å². The minimum Gasteiger partial charge on any atom is -0.493 e. The Bertz CT molecular complexity index is 725. The Morgan fingerprint density at radius 2 is 1.79 bits per heavy atom. The van der Waals surface area contributed by atoms with Gasteiger partial charge < -0.3 is 14.8 Å². The number of nitrogens with one attached hydrogen (secondary N) is 1. The average molecular weight is 353 g/mol. The smallest absolute Gasteiger partial charge is 0.230 e. The number of thioether (sulfide) groups is 1. The Kier molecular flexibility index (Phi) is 6.43. The molecule has 1 amide bonds. The topological polar surface area (TPSA) is 47.6 Å². The molecule has 0 heterocycles. The van der Waals surface area contributed by atoms with Crippen molar-refractivity contribution in [2.24, 2.45) is 0 Å². The number of benzene rings is 2. The van der Waals surface area contributed by atoms with E-state index in [0.717, 1.165) is 29.5 Å². The van der Waals surface area contributed by atoms with Gasteiger partial charge in [-0.05, 0) is 35.9 Å². The van der Waals surface area contributed by atoms with Crippen molar-refractivity contribution in [1.82, 2.24) is 5.32 Å². The Morgan fingerprint density at radius 3 is 2.46 bits per heavy atom. The highest BCUT2D eigenvalue weighted by Crippen LogP contribution is 2.27. The zero-order valence-corrected chi connectivity index (χ0v) is 14.1. The van der Waals surface area contributed by atoms with E-state index in [9.17, 15) is 13.6 Å². The SMILES string of the molecule is COc1ccc(CNC(=O)CSc2ccc(F)c(F)c2)cc1OC. The van der Waals surface area contributed by atoms with Gasteiger partial charge in [0.2, 0.25) is 5.91 Å². The van der Waals surface area contributed by atoms with Crippen LogP contribution in [0.25, 0.3) is 0 Å². The molecule has 2 rings (SSSR count). The third-order valence-electron chi connectivity index (χ3n) is 3.20. The fourth-order valence-electron chi connectivity index (χ4n) is 1.96. The highest BCUT2D eigenvalue weighted by Gasteiger charge is 2.08. The normalized spacial score (nSPS) is 10.3. The molecule has 24 heavy (non-hydrogen) atoms. The molecule has 0 aliphatic heterocycles. The van der Waals surface area contributed by atoms with Crippen molar-refractivity contribution in [2.45, 2.75) is 11.4 Å². The van der Waals surface area contributed by atoms with Crippen molar-refractivity contribution < 1.29 is 23.0 Å². The summed E-state index contributed by atoms with van der Waals surface area (Å²) in [6.07, 6.45) is 0. The van der Waals surface area contributed by atoms with Gasteiger partial charge in [-0.1, -0.05) is 6.07 Å². The average Bonchev–Trinajstić information content (AvgIpc) is 2.60. The van der Waals surface area contributed by atoms with Gasteiger partial charge in [0.05, 0.1) is 20.0 Å². The molecule has 4 nitrogen and oxygen atoms in total. The van der Waals surface area contributed by atoms with E-state index in [1.165, 1.54) is 6.07 Å². The number of ether oxygens (including phenoxy) is 2. The maximum Gasteiger partial charge on any atom is 0.230 e. The summed E-state index contributed by atoms with van der Waals surface area (Å²) in [5.41, 5.74) is 0.860. The van der Waals surface area contributed by atoms with Crippen molar-refractivity contribution in [2.75, 3.05) is 20.0 Å². The third kappa shape index (κ3) is 4.86. The second-order valence-electron chi connectivity index (χ2n) is 4.83. The fraction of sp³-hybridized carbons (Fsp3) is 0.235. The number of hydrogen-bond donors (Lipinski definition) is 1. The quantitative estimate of drug-likeness (QED) is 0.775. The monoisotopic (exact) mass is 353 g/mol. The van der Waals surface area contributed by atoms with E-state index in [1.54, 1.807) is 26.4 Å². The Hall–Kier alpha value is -2.28. The van der Waals surface area contributed by atoms with Gasteiger partial charge in [-0.3, -0.25) is 4.79 Å². The summed E-state index contributed by atoms with van der Waals surface area (Å²) in [5, 5.41) is 2.76. The number of carbonyl (C=O) groups is 1. The van der Waals surface area contributed by atoms with Gasteiger partial charge in [-0.25, -0.2) is 8.78 Å². The molecule has 128 valence electrons. The number of halogens is 2. The van der Waals surface area contributed by atoms with Crippen molar-refractivity contribution >= 4 is 17.7 Å². The zero-order valence-electron chi connectivity index (χ0n) is 13.3. The first-order valence-corrected chi connectivity index (χ1v) is 8.07. The first-order valence-electron chi connectivity index (χ1n) is 7.09. The summed E-state index contributed by atoms with van der Waals surface area (Å²) in [6.45, 7) is 0.331. The molecule has 0 unspecified atom stereocenters. The molecule has 0 saturated carbocycles. The van der Waals surface area contributed by atoms with Gasteiger partial charge in [0.15, 0.2) is 23.1 Å². The van der Waals surface area contributed by atoms with E-state index in [0.29, 0.717) is 22.9 Å². The molecule has 2 aromatic rings. The molecule has 0 bridgehead atoms. The predicted molar refractivity (Wildman–Crippen MR) is 88.5 cm³/mol. The lowest BCUT2D eigenvalue weighted by Gasteiger charge is -2.10. The van der Waals surface area contributed by atoms with Crippen LogP contribution in [0.1, 0.15) is 5.56 Å². The van der Waals surface area contributed by atoms with Gasteiger partial charge in [-0.2, -0.15) is 0 Å². The van der Waals surface area contributed by atoms with Crippen LogP contribution in [0.4, 0.5) is 8.78 Å². The number of rotatable bonds is 7. The molecule has 7 heteroatoms. The first-order chi connectivity index (χ1) is 11.5. The van der Waals surface area contributed by atoms with Crippen LogP contribution in [0.3, 0.4) is 0 Å². The third-order valence-corrected chi connectivity index (χ3v) is 4.19. The lowest BCUT2D eigenvalue weighted by Crippen LogP contribution is -2.24. The standard InChI is InChI=1S/C17H17F2NO3S/c1-22-15-6-3-11(7-16(15)23-2)9-20-17(21)10-24-12-4-5-13(18)14(19)8-12/h3-8H,9-10H2,1-2H3,(H,20,21). The van der Waals surface area contributed by atoms with Gasteiger partial charge in [0, 0.05) is 11.4 Å². The van der Waals surface area contributed by atoms with Crippen molar-refractivity contribution in [3.63, 3.8) is 0 Å². The summed E-state index contributed by atoms with van der Waals surface area (Å²) in [6, 6.07) is 8.91. The van der Waals surface area contributed by atoms with Gasteiger partial charge in [0.1, 0.15) is 0 Å². The molecule has 1 N–H and O–H groups in total. The van der Waals surface area contributed by atoms with E-state index in [4.69, 9.17) is 9.47 Å². The molecule has 0 saturated heterocycles. The van der Waals surface area contributed by atoms with E-state index in [2.05, 4.69) is 5.32 Å². The first kappa shape index (κ1) is 18.1. The molecular weight excluding hydrogens is 336 g/mol. The van der Waals surface area contributed by atoms with Crippen LogP contribution < -0.4 is 14.8 Å². The Labute approximate surface area is 143 Å². The molecular formula is C17H17F2NO3S. The Morgan fingerprint density at radius 1 is 1.04 bits per heavy atom. The molecule has 0 aliphatic rings. The maximum absolute atomic E-state index is 13.1. The van der Waals surface area contributed by atoms with Crippen LogP contribution >= 0.6 is 11.8 Å². The molecule has 0 atom stereocenters. The summed E-state index contributed by atoms with van der Waals surface area (Å²) >= 11 is 1.14. The number of methoxy groups -OCH3 is 2. The van der Waals surface area contributed by atoms with Crippen LogP contribution in [0.15, 0.2) is 41.3 Å². The van der Waals surface area contributed by atoms with E-state index >= 15 is 0 Å². The minimum absolute atomic E-state index is 0.109. The summed E-state index contributed by atoms with van der Waals surface area (Å²) in [7, 11) is 3.09. The van der Waals surface area contributed by atoms with Crippen LogP contribution in [0.2, 0.25) is 0 Å². The molecule has 0 radical (unpaired) electrons. The predicted octanol–water partition coefficient (Wildman–Crippen LogP) is 3.39.